The largest absolute Gasteiger partial charge is 0.481 e. The molecule has 0 spiro atoms. The lowest BCUT2D eigenvalue weighted by Crippen LogP contribution is -2.47. The molecule has 1 aliphatic heterocycles. The summed E-state index contributed by atoms with van der Waals surface area (Å²) in [5.41, 5.74) is -0.862. The van der Waals surface area contributed by atoms with Crippen LogP contribution in [0.2, 0.25) is 0 Å². The van der Waals surface area contributed by atoms with E-state index in [2.05, 4.69) is 0 Å². The summed E-state index contributed by atoms with van der Waals surface area (Å²) in [4.78, 5) is 12.3. The minimum Gasteiger partial charge on any atom is -0.481 e. The van der Waals surface area contributed by atoms with Gasteiger partial charge in [-0.15, -0.1) is 0 Å². The molecule has 1 N–H and O–H groups in total. The second-order valence-electron chi connectivity index (χ2n) is 4.71. The average Bonchev–Trinajstić information content (AvgIpc) is 2.31. The highest BCUT2D eigenvalue weighted by Gasteiger charge is 2.35. The van der Waals surface area contributed by atoms with E-state index in [1.165, 1.54) is 12.1 Å². The number of benzene rings is 1. The van der Waals surface area contributed by atoms with Crippen LogP contribution in [0.5, 0.6) is 0 Å². The van der Waals surface area contributed by atoms with Crippen molar-refractivity contribution in [2.75, 3.05) is 18.0 Å². The molecule has 1 saturated heterocycles. The Hall–Kier alpha value is -2.23. The van der Waals surface area contributed by atoms with E-state index in [0.29, 0.717) is 18.8 Å². The fourth-order valence-electron chi connectivity index (χ4n) is 2.23. The van der Waals surface area contributed by atoms with Gasteiger partial charge in [-0.2, -0.15) is 18.4 Å². The summed E-state index contributed by atoms with van der Waals surface area (Å²) in [6, 6.07) is 4.94. The standard InChI is InChI=1S/C13H11F3N2O2/c14-13(15,16)11-2-1-10(4-9(11)5-17)18-6-8(7-18)3-12(19)20/h1-2,4,8H,3,6-7H2,(H,19,20). The molecule has 0 unspecified atom stereocenters. The van der Waals surface area contributed by atoms with E-state index in [0.717, 1.165) is 6.07 Å². The summed E-state index contributed by atoms with van der Waals surface area (Å²) < 4.78 is 37.9. The Balaban J connectivity index is 2.13. The molecular weight excluding hydrogens is 273 g/mol. The molecule has 106 valence electrons. The van der Waals surface area contributed by atoms with Gasteiger partial charge in [-0.1, -0.05) is 0 Å². The maximum absolute atomic E-state index is 12.6. The molecular formula is C13H11F3N2O2. The van der Waals surface area contributed by atoms with E-state index in [4.69, 9.17) is 10.4 Å². The first-order chi connectivity index (χ1) is 9.31. The fraction of sp³-hybridized carbons (Fsp3) is 0.385. The van der Waals surface area contributed by atoms with Gasteiger partial charge in [0.25, 0.3) is 0 Å². The second-order valence-corrected chi connectivity index (χ2v) is 4.71. The molecule has 2 rings (SSSR count). The van der Waals surface area contributed by atoms with E-state index in [-0.39, 0.29) is 12.3 Å². The number of carboxylic acids is 1. The Kier molecular flexibility index (Phi) is 3.57. The molecule has 0 aromatic heterocycles. The smallest absolute Gasteiger partial charge is 0.417 e. The Morgan fingerprint density at radius 2 is 2.10 bits per heavy atom. The summed E-state index contributed by atoms with van der Waals surface area (Å²) >= 11 is 0. The number of anilines is 1. The van der Waals surface area contributed by atoms with Crippen molar-refractivity contribution in [2.45, 2.75) is 12.6 Å². The Bertz CT molecular complexity index is 572. The molecule has 0 atom stereocenters. The van der Waals surface area contributed by atoms with Crippen molar-refractivity contribution in [1.82, 2.24) is 0 Å². The normalized spacial score (nSPS) is 15.6. The zero-order valence-corrected chi connectivity index (χ0v) is 10.3. The van der Waals surface area contributed by atoms with E-state index >= 15 is 0 Å². The molecule has 7 heteroatoms. The third-order valence-corrected chi connectivity index (χ3v) is 3.21. The molecule has 0 aliphatic carbocycles. The molecule has 1 fully saturated rings. The summed E-state index contributed by atoms with van der Waals surface area (Å²) in [6.45, 7) is 0.949. The van der Waals surface area contributed by atoms with E-state index in [9.17, 15) is 18.0 Å². The van der Waals surface area contributed by atoms with Gasteiger partial charge in [-0.05, 0) is 18.2 Å². The van der Waals surface area contributed by atoms with Crippen molar-refractivity contribution < 1.29 is 23.1 Å². The lowest BCUT2D eigenvalue weighted by molar-refractivity contribution is -0.139. The Morgan fingerprint density at radius 3 is 2.60 bits per heavy atom. The van der Waals surface area contributed by atoms with Gasteiger partial charge in [-0.3, -0.25) is 4.79 Å². The molecule has 20 heavy (non-hydrogen) atoms. The van der Waals surface area contributed by atoms with Gasteiger partial charge in [-0.25, -0.2) is 0 Å². The number of nitriles is 1. The molecule has 0 radical (unpaired) electrons. The van der Waals surface area contributed by atoms with Crippen LogP contribution in [0, 0.1) is 17.2 Å². The minimum atomic E-state index is -4.55. The van der Waals surface area contributed by atoms with Crippen LogP contribution in [0.1, 0.15) is 17.5 Å². The third kappa shape index (κ3) is 2.85. The summed E-state index contributed by atoms with van der Waals surface area (Å²) in [6.07, 6.45) is -4.51. The van der Waals surface area contributed by atoms with Gasteiger partial charge < -0.3 is 10.0 Å². The zero-order valence-electron chi connectivity index (χ0n) is 10.3. The fourth-order valence-corrected chi connectivity index (χ4v) is 2.23. The highest BCUT2D eigenvalue weighted by atomic mass is 19.4. The second kappa shape index (κ2) is 5.04. The Morgan fingerprint density at radius 1 is 1.45 bits per heavy atom. The first kappa shape index (κ1) is 14.2. The number of rotatable bonds is 3. The van der Waals surface area contributed by atoms with Crippen molar-refractivity contribution in [3.05, 3.63) is 29.3 Å². The summed E-state index contributed by atoms with van der Waals surface area (Å²) in [7, 11) is 0. The van der Waals surface area contributed by atoms with Crippen molar-refractivity contribution in [3.63, 3.8) is 0 Å². The van der Waals surface area contributed by atoms with Crippen molar-refractivity contribution >= 4 is 11.7 Å². The van der Waals surface area contributed by atoms with Gasteiger partial charge in [0.05, 0.1) is 23.6 Å². The van der Waals surface area contributed by atoms with E-state index in [1.807, 2.05) is 0 Å². The van der Waals surface area contributed by atoms with Crippen LogP contribution in [0.25, 0.3) is 0 Å². The maximum Gasteiger partial charge on any atom is 0.417 e. The molecule has 0 amide bonds. The van der Waals surface area contributed by atoms with Crippen LogP contribution in [-0.4, -0.2) is 24.2 Å². The SMILES string of the molecule is N#Cc1cc(N2CC(CC(=O)O)C2)ccc1C(F)(F)F. The predicted molar refractivity (Wildman–Crippen MR) is 64.1 cm³/mol. The van der Waals surface area contributed by atoms with Crippen LogP contribution >= 0.6 is 0 Å². The van der Waals surface area contributed by atoms with Gasteiger partial charge in [0.2, 0.25) is 0 Å². The Labute approximate surface area is 113 Å². The first-order valence-corrected chi connectivity index (χ1v) is 5.89. The number of aliphatic carboxylic acids is 1. The first-order valence-electron chi connectivity index (χ1n) is 5.89. The molecule has 0 saturated carbocycles. The third-order valence-electron chi connectivity index (χ3n) is 3.21. The van der Waals surface area contributed by atoms with Gasteiger partial charge in [0.1, 0.15) is 0 Å². The monoisotopic (exact) mass is 284 g/mol. The molecule has 1 aromatic rings. The lowest BCUT2D eigenvalue weighted by Gasteiger charge is -2.40. The average molecular weight is 284 g/mol. The van der Waals surface area contributed by atoms with Crippen molar-refractivity contribution in [2.24, 2.45) is 5.92 Å². The molecule has 1 aliphatic rings. The minimum absolute atomic E-state index is 0.000304. The van der Waals surface area contributed by atoms with Crippen molar-refractivity contribution in [3.8, 4) is 6.07 Å². The molecule has 1 heterocycles. The van der Waals surface area contributed by atoms with Gasteiger partial charge in [0, 0.05) is 24.7 Å². The molecule has 0 bridgehead atoms. The van der Waals surface area contributed by atoms with Crippen LogP contribution in [-0.2, 0) is 11.0 Å². The molecule has 4 nitrogen and oxygen atoms in total. The number of carbonyl (C=O) groups is 1. The highest BCUT2D eigenvalue weighted by molar-refractivity contribution is 5.68. The number of halogens is 3. The van der Waals surface area contributed by atoms with E-state index < -0.39 is 23.3 Å². The van der Waals surface area contributed by atoms with Crippen LogP contribution in [0.15, 0.2) is 18.2 Å². The van der Waals surface area contributed by atoms with Gasteiger partial charge in [0.15, 0.2) is 0 Å². The van der Waals surface area contributed by atoms with E-state index in [1.54, 1.807) is 11.0 Å². The maximum atomic E-state index is 12.6. The number of nitrogens with zero attached hydrogens (tertiary/aromatic N) is 2. The zero-order chi connectivity index (χ0) is 14.9. The number of hydrogen-bond acceptors (Lipinski definition) is 3. The lowest BCUT2D eigenvalue weighted by atomic mass is 9.95. The number of alkyl halides is 3. The summed E-state index contributed by atoms with van der Waals surface area (Å²) in [5.74, 6) is -0.889. The highest BCUT2D eigenvalue weighted by Crippen LogP contribution is 2.35. The number of carboxylic acid groups (broad SMARTS) is 1. The number of hydrogen-bond donors (Lipinski definition) is 1. The van der Waals surface area contributed by atoms with Gasteiger partial charge >= 0.3 is 12.1 Å². The predicted octanol–water partition coefficient (Wildman–Crippen LogP) is 2.49. The van der Waals surface area contributed by atoms with Crippen LogP contribution in [0.3, 0.4) is 0 Å². The van der Waals surface area contributed by atoms with Crippen LogP contribution < -0.4 is 4.90 Å². The molecule has 1 aromatic carbocycles. The quantitative estimate of drug-likeness (QED) is 0.926. The van der Waals surface area contributed by atoms with Crippen LogP contribution in [0.4, 0.5) is 18.9 Å². The summed E-state index contributed by atoms with van der Waals surface area (Å²) in [5, 5.41) is 17.4. The van der Waals surface area contributed by atoms with Crippen molar-refractivity contribution in [1.29, 1.82) is 5.26 Å². The topological polar surface area (TPSA) is 64.3 Å².